The predicted molar refractivity (Wildman–Crippen MR) is 158 cm³/mol. The highest BCUT2D eigenvalue weighted by Crippen LogP contribution is 2.40. The second kappa shape index (κ2) is 13.3. The van der Waals surface area contributed by atoms with E-state index in [1.807, 2.05) is 25.1 Å². The Balaban J connectivity index is 3.00. The van der Waals surface area contributed by atoms with Gasteiger partial charge < -0.3 is 13.6 Å². The van der Waals surface area contributed by atoms with Crippen LogP contribution in [-0.4, -0.2) is 41.2 Å². The first-order valence-corrected chi connectivity index (χ1v) is 19.6. The van der Waals surface area contributed by atoms with E-state index in [2.05, 4.69) is 93.7 Å². The van der Waals surface area contributed by atoms with Crippen molar-refractivity contribution in [2.45, 2.75) is 130 Å². The van der Waals surface area contributed by atoms with Crippen molar-refractivity contribution in [2.24, 2.45) is 11.8 Å². The van der Waals surface area contributed by atoms with E-state index in [1.165, 1.54) is 0 Å². The topological polar surface area (TPSA) is 44.8 Å². The largest absolute Gasteiger partial charge is 0.413 e. The van der Waals surface area contributed by atoms with E-state index in [4.69, 9.17) is 13.6 Å². The first kappa shape index (κ1) is 33.2. The van der Waals surface area contributed by atoms with Crippen molar-refractivity contribution in [3.8, 4) is 0 Å². The molecule has 4 nitrogen and oxygen atoms in total. The fraction of sp³-hybridized carbons (Fsp3) is 0.767. The minimum absolute atomic E-state index is 0.0588. The Morgan fingerprint density at radius 2 is 1.31 bits per heavy atom. The second-order valence-electron chi connectivity index (χ2n) is 13.7. The van der Waals surface area contributed by atoms with Crippen LogP contribution < -0.4 is 0 Å². The van der Waals surface area contributed by atoms with Crippen molar-refractivity contribution in [2.75, 3.05) is 6.61 Å². The Labute approximate surface area is 225 Å². The maximum absolute atomic E-state index is 13.7. The first-order chi connectivity index (χ1) is 16.3. The lowest BCUT2D eigenvalue weighted by Gasteiger charge is -2.42. The van der Waals surface area contributed by atoms with Crippen LogP contribution in [-0.2, 0) is 25.0 Å². The van der Waals surface area contributed by atoms with E-state index >= 15 is 0 Å². The van der Waals surface area contributed by atoms with Crippen molar-refractivity contribution in [3.63, 3.8) is 0 Å². The number of Topliss-reactive ketones (excluding diaryl/α,β-unsaturated/α-hetero) is 1. The number of ether oxygens (including phenoxy) is 1. The van der Waals surface area contributed by atoms with Crippen LogP contribution >= 0.6 is 0 Å². The van der Waals surface area contributed by atoms with E-state index in [0.717, 1.165) is 12.0 Å². The Bertz CT molecular complexity index is 793. The maximum atomic E-state index is 13.7. The average Bonchev–Trinajstić information content (AvgIpc) is 2.75. The number of ketones is 1. The molecule has 1 aromatic rings. The summed E-state index contributed by atoms with van der Waals surface area (Å²) in [5.74, 6) is 0.187. The molecule has 0 aliphatic rings. The molecule has 6 heteroatoms. The highest BCUT2D eigenvalue weighted by molar-refractivity contribution is 6.74. The van der Waals surface area contributed by atoms with Gasteiger partial charge in [-0.3, -0.25) is 4.79 Å². The third-order valence-electron chi connectivity index (χ3n) is 8.50. The molecule has 0 aliphatic heterocycles. The third-order valence-corrected chi connectivity index (χ3v) is 17.5. The molecule has 208 valence electrons. The van der Waals surface area contributed by atoms with Gasteiger partial charge in [-0.15, -0.1) is 0 Å². The van der Waals surface area contributed by atoms with E-state index in [-0.39, 0.29) is 39.9 Å². The zero-order valence-corrected chi connectivity index (χ0v) is 27.7. The van der Waals surface area contributed by atoms with Gasteiger partial charge in [-0.2, -0.15) is 0 Å². The molecule has 36 heavy (non-hydrogen) atoms. The molecule has 0 aliphatic carbocycles. The standard InChI is InChI=1S/C30H56O4Si2/c1-14-27(33-35(10,11)29(4,5)6)24(3)26(31)20-28(34-36(12,13)30(7,8)9)23(2)21-32-22-25-18-16-15-17-19-25/h15-19,23-24,27-28H,14,20-22H2,1-13H3/t23-,24+,27+,28-/m0/s1. The summed E-state index contributed by atoms with van der Waals surface area (Å²) in [5.41, 5.74) is 1.16. The summed E-state index contributed by atoms with van der Waals surface area (Å²) in [4.78, 5) is 13.7. The molecule has 0 unspecified atom stereocenters. The Morgan fingerprint density at radius 3 is 1.75 bits per heavy atom. The van der Waals surface area contributed by atoms with Crippen molar-refractivity contribution in [3.05, 3.63) is 35.9 Å². The minimum atomic E-state index is -2.07. The van der Waals surface area contributed by atoms with Gasteiger partial charge in [0.25, 0.3) is 0 Å². The lowest BCUT2D eigenvalue weighted by atomic mass is 9.91. The first-order valence-electron chi connectivity index (χ1n) is 13.8. The quantitative estimate of drug-likeness (QED) is 0.223. The van der Waals surface area contributed by atoms with Gasteiger partial charge in [0, 0.05) is 18.3 Å². The number of carbonyl (C=O) groups is 1. The zero-order chi connectivity index (χ0) is 27.9. The van der Waals surface area contributed by atoms with Gasteiger partial charge in [0.15, 0.2) is 16.6 Å². The van der Waals surface area contributed by atoms with E-state index < -0.39 is 16.6 Å². The summed E-state index contributed by atoms with van der Waals surface area (Å²) >= 11 is 0. The molecule has 0 spiro atoms. The average molecular weight is 537 g/mol. The minimum Gasteiger partial charge on any atom is -0.413 e. The summed E-state index contributed by atoms with van der Waals surface area (Å²) in [7, 11) is -4.04. The van der Waals surface area contributed by atoms with E-state index in [1.54, 1.807) is 0 Å². The Kier molecular flexibility index (Phi) is 12.3. The molecular weight excluding hydrogens is 480 g/mol. The number of carbonyl (C=O) groups excluding carboxylic acids is 1. The van der Waals surface area contributed by atoms with Crippen LogP contribution in [0.5, 0.6) is 0 Å². The van der Waals surface area contributed by atoms with Crippen LogP contribution in [0.25, 0.3) is 0 Å². The molecule has 0 amide bonds. The highest BCUT2D eigenvalue weighted by Gasteiger charge is 2.43. The molecule has 1 rings (SSSR count). The number of hydrogen-bond acceptors (Lipinski definition) is 4. The number of rotatable bonds is 14. The lowest BCUT2D eigenvalue weighted by molar-refractivity contribution is -0.128. The van der Waals surface area contributed by atoms with Crippen molar-refractivity contribution in [1.29, 1.82) is 0 Å². The summed E-state index contributed by atoms with van der Waals surface area (Å²) in [6, 6.07) is 10.2. The maximum Gasteiger partial charge on any atom is 0.192 e. The number of benzene rings is 1. The van der Waals surface area contributed by atoms with Crippen LogP contribution in [0.4, 0.5) is 0 Å². The molecule has 1 aromatic carbocycles. The van der Waals surface area contributed by atoms with Gasteiger partial charge >= 0.3 is 0 Å². The molecule has 0 saturated carbocycles. The lowest BCUT2D eigenvalue weighted by Crippen LogP contribution is -2.48. The molecular formula is C30H56O4Si2. The molecule has 0 heterocycles. The molecule has 0 N–H and O–H groups in total. The molecule has 0 radical (unpaired) electrons. The van der Waals surface area contributed by atoms with Crippen LogP contribution in [0, 0.1) is 11.8 Å². The van der Waals surface area contributed by atoms with Gasteiger partial charge in [-0.05, 0) is 48.2 Å². The summed E-state index contributed by atoms with van der Waals surface area (Å²) in [5, 5.41) is 0.184. The van der Waals surface area contributed by atoms with Gasteiger partial charge in [0.05, 0.1) is 25.4 Å². The van der Waals surface area contributed by atoms with E-state index in [0.29, 0.717) is 19.6 Å². The Morgan fingerprint density at radius 1 is 0.833 bits per heavy atom. The molecule has 0 aromatic heterocycles. The molecule has 4 atom stereocenters. The van der Waals surface area contributed by atoms with Crippen LogP contribution in [0.2, 0.25) is 36.3 Å². The van der Waals surface area contributed by atoms with Crippen LogP contribution in [0.15, 0.2) is 30.3 Å². The predicted octanol–water partition coefficient (Wildman–Crippen LogP) is 8.63. The summed E-state index contributed by atoms with van der Waals surface area (Å²) in [6.07, 6.45) is 1.02. The normalized spacial score (nSPS) is 16.9. The second-order valence-corrected chi connectivity index (χ2v) is 23.2. The molecule has 0 fully saturated rings. The van der Waals surface area contributed by atoms with Crippen LogP contribution in [0.1, 0.15) is 80.7 Å². The highest BCUT2D eigenvalue weighted by atomic mass is 28.4. The fourth-order valence-corrected chi connectivity index (χ4v) is 6.55. The monoisotopic (exact) mass is 536 g/mol. The van der Waals surface area contributed by atoms with Crippen molar-refractivity contribution >= 4 is 22.4 Å². The summed E-state index contributed by atoms with van der Waals surface area (Å²) in [6.45, 7) is 30.0. The van der Waals surface area contributed by atoms with Crippen molar-refractivity contribution < 1.29 is 18.4 Å². The summed E-state index contributed by atoms with van der Waals surface area (Å²) < 4.78 is 19.7. The molecule has 0 saturated heterocycles. The smallest absolute Gasteiger partial charge is 0.192 e. The van der Waals surface area contributed by atoms with Crippen molar-refractivity contribution in [1.82, 2.24) is 0 Å². The van der Waals surface area contributed by atoms with Gasteiger partial charge in [0.1, 0.15) is 5.78 Å². The van der Waals surface area contributed by atoms with Gasteiger partial charge in [-0.25, -0.2) is 0 Å². The zero-order valence-electron chi connectivity index (χ0n) is 25.7. The number of hydrogen-bond donors (Lipinski definition) is 0. The molecule has 0 bridgehead atoms. The van der Waals surface area contributed by atoms with Crippen LogP contribution in [0.3, 0.4) is 0 Å². The SMILES string of the molecule is CC[C@@H](O[Si](C)(C)C(C)(C)C)[C@H](C)C(=O)C[C@H](O[Si](C)(C)C(C)(C)C)[C@@H](C)COCc1ccccc1. The Hall–Kier alpha value is -0.796. The third kappa shape index (κ3) is 9.82. The van der Waals surface area contributed by atoms with Gasteiger partial charge in [-0.1, -0.05) is 92.6 Å². The fourth-order valence-electron chi connectivity index (χ4n) is 3.64. The van der Waals surface area contributed by atoms with Gasteiger partial charge in [0.2, 0.25) is 0 Å². The van der Waals surface area contributed by atoms with E-state index in [9.17, 15) is 4.79 Å².